The highest BCUT2D eigenvalue weighted by Crippen LogP contribution is 2.22. The zero-order chi connectivity index (χ0) is 13.0. The van der Waals surface area contributed by atoms with Gasteiger partial charge in [0.05, 0.1) is 6.61 Å². The lowest BCUT2D eigenvalue weighted by atomic mass is 10.0. The molecular formula is C13H17ClFNO2. The Hall–Kier alpha value is -0.680. The molecule has 1 aliphatic heterocycles. The van der Waals surface area contributed by atoms with E-state index in [0.29, 0.717) is 36.9 Å². The van der Waals surface area contributed by atoms with Gasteiger partial charge in [-0.2, -0.15) is 0 Å². The van der Waals surface area contributed by atoms with Crippen LogP contribution >= 0.6 is 11.6 Å². The third-order valence-corrected chi connectivity index (χ3v) is 3.66. The van der Waals surface area contributed by atoms with Crippen molar-refractivity contribution in [1.82, 2.24) is 5.32 Å². The molecule has 1 aromatic rings. The fourth-order valence-corrected chi connectivity index (χ4v) is 2.31. The Kier molecular flexibility index (Phi) is 4.56. The maximum Gasteiger partial charge on any atom is 0.129 e. The first-order valence-corrected chi connectivity index (χ1v) is 6.31. The van der Waals surface area contributed by atoms with Gasteiger partial charge in [0, 0.05) is 43.8 Å². The zero-order valence-corrected chi connectivity index (χ0v) is 11.1. The molecule has 1 heterocycles. The molecule has 0 radical (unpaired) electrons. The summed E-state index contributed by atoms with van der Waals surface area (Å²) < 4.78 is 24.4. The molecule has 3 nitrogen and oxygen atoms in total. The summed E-state index contributed by atoms with van der Waals surface area (Å²) in [5.74, 6) is -0.288. The summed E-state index contributed by atoms with van der Waals surface area (Å²) in [6, 6.07) is 4.70. The van der Waals surface area contributed by atoms with E-state index in [1.807, 2.05) is 0 Å². The van der Waals surface area contributed by atoms with Crippen molar-refractivity contribution in [2.24, 2.45) is 0 Å². The van der Waals surface area contributed by atoms with Crippen LogP contribution in [0.25, 0.3) is 0 Å². The maximum atomic E-state index is 13.5. The minimum atomic E-state index is -0.294. The summed E-state index contributed by atoms with van der Waals surface area (Å²) >= 11 is 5.96. The number of methoxy groups -OCH3 is 1. The highest BCUT2D eigenvalue weighted by molar-refractivity contribution is 6.31. The van der Waals surface area contributed by atoms with Gasteiger partial charge < -0.3 is 14.8 Å². The molecule has 1 saturated heterocycles. The predicted molar refractivity (Wildman–Crippen MR) is 68.3 cm³/mol. The van der Waals surface area contributed by atoms with Crippen molar-refractivity contribution in [3.05, 3.63) is 34.6 Å². The molecule has 100 valence electrons. The highest BCUT2D eigenvalue weighted by Gasteiger charge is 2.34. The summed E-state index contributed by atoms with van der Waals surface area (Å²) in [5, 5.41) is 3.63. The van der Waals surface area contributed by atoms with Gasteiger partial charge in [0.2, 0.25) is 0 Å². The molecule has 1 atom stereocenters. The van der Waals surface area contributed by atoms with E-state index >= 15 is 0 Å². The van der Waals surface area contributed by atoms with E-state index < -0.39 is 0 Å². The standard InChI is InChI=1S/C13H17ClFNO2/c1-17-13(5-6-18-9-13)8-16-7-10-11(14)3-2-4-12(10)15/h2-4,16H,5-9H2,1H3. The molecule has 18 heavy (non-hydrogen) atoms. The Labute approximate surface area is 111 Å². The van der Waals surface area contributed by atoms with Crippen LogP contribution in [0, 0.1) is 5.82 Å². The van der Waals surface area contributed by atoms with Gasteiger partial charge in [0.25, 0.3) is 0 Å². The van der Waals surface area contributed by atoms with Crippen molar-refractivity contribution >= 4 is 11.6 Å². The van der Waals surface area contributed by atoms with Crippen molar-refractivity contribution < 1.29 is 13.9 Å². The van der Waals surface area contributed by atoms with E-state index in [1.54, 1.807) is 19.2 Å². The van der Waals surface area contributed by atoms with Gasteiger partial charge in [-0.3, -0.25) is 0 Å². The Morgan fingerprint density at radius 1 is 1.56 bits per heavy atom. The Balaban J connectivity index is 1.92. The summed E-state index contributed by atoms with van der Waals surface area (Å²) in [7, 11) is 1.67. The summed E-state index contributed by atoms with van der Waals surface area (Å²) in [5.41, 5.74) is 0.196. The van der Waals surface area contributed by atoms with Crippen LogP contribution < -0.4 is 5.32 Å². The fraction of sp³-hybridized carbons (Fsp3) is 0.538. The maximum absolute atomic E-state index is 13.5. The Morgan fingerprint density at radius 3 is 3.00 bits per heavy atom. The predicted octanol–water partition coefficient (Wildman–Crippen LogP) is 2.37. The number of rotatable bonds is 5. The Bertz CT molecular complexity index is 388. The highest BCUT2D eigenvalue weighted by atomic mass is 35.5. The van der Waals surface area contributed by atoms with Crippen LogP contribution in [0.15, 0.2) is 18.2 Å². The third kappa shape index (κ3) is 3.01. The largest absolute Gasteiger partial charge is 0.378 e. The molecule has 0 saturated carbocycles. The summed E-state index contributed by atoms with van der Waals surface area (Å²) in [4.78, 5) is 0. The number of nitrogens with one attached hydrogen (secondary N) is 1. The summed E-state index contributed by atoms with van der Waals surface area (Å²) in [6.07, 6.45) is 0.849. The van der Waals surface area contributed by atoms with Crippen LogP contribution in [-0.2, 0) is 16.0 Å². The number of benzene rings is 1. The molecule has 1 aromatic carbocycles. The van der Waals surface area contributed by atoms with Crippen LogP contribution in [0.1, 0.15) is 12.0 Å². The van der Waals surface area contributed by atoms with Crippen LogP contribution in [0.3, 0.4) is 0 Å². The zero-order valence-electron chi connectivity index (χ0n) is 10.3. The van der Waals surface area contributed by atoms with Gasteiger partial charge in [-0.1, -0.05) is 17.7 Å². The molecule has 1 fully saturated rings. The van der Waals surface area contributed by atoms with Crippen LogP contribution in [-0.4, -0.2) is 32.5 Å². The molecule has 0 aliphatic carbocycles. The van der Waals surface area contributed by atoms with E-state index in [-0.39, 0.29) is 11.4 Å². The molecule has 2 rings (SSSR count). The van der Waals surface area contributed by atoms with Gasteiger partial charge in [-0.05, 0) is 12.1 Å². The number of hydrogen-bond donors (Lipinski definition) is 1. The second-order valence-electron chi connectivity index (χ2n) is 4.49. The molecule has 1 unspecified atom stereocenters. The van der Waals surface area contributed by atoms with Gasteiger partial charge in [-0.25, -0.2) is 4.39 Å². The van der Waals surface area contributed by atoms with Gasteiger partial charge in [-0.15, -0.1) is 0 Å². The quantitative estimate of drug-likeness (QED) is 0.893. The minimum Gasteiger partial charge on any atom is -0.378 e. The number of halogens is 2. The van der Waals surface area contributed by atoms with Gasteiger partial charge in [0.15, 0.2) is 0 Å². The molecule has 0 aromatic heterocycles. The average Bonchev–Trinajstić information content (AvgIpc) is 2.82. The van der Waals surface area contributed by atoms with E-state index in [0.717, 1.165) is 6.42 Å². The minimum absolute atomic E-state index is 0.288. The van der Waals surface area contributed by atoms with Crippen LogP contribution in [0.2, 0.25) is 5.02 Å². The molecule has 5 heteroatoms. The third-order valence-electron chi connectivity index (χ3n) is 3.31. The lowest BCUT2D eigenvalue weighted by Gasteiger charge is -2.26. The lowest BCUT2D eigenvalue weighted by molar-refractivity contribution is -0.0159. The molecular weight excluding hydrogens is 257 g/mol. The van der Waals surface area contributed by atoms with Crippen molar-refractivity contribution in [3.8, 4) is 0 Å². The monoisotopic (exact) mass is 273 g/mol. The van der Waals surface area contributed by atoms with E-state index in [2.05, 4.69) is 5.32 Å². The molecule has 1 N–H and O–H groups in total. The molecule has 1 aliphatic rings. The first-order chi connectivity index (χ1) is 8.67. The smallest absolute Gasteiger partial charge is 0.129 e. The number of ether oxygens (including phenoxy) is 2. The SMILES string of the molecule is COC1(CNCc2c(F)cccc2Cl)CCOC1. The number of hydrogen-bond acceptors (Lipinski definition) is 3. The van der Waals surface area contributed by atoms with E-state index in [4.69, 9.17) is 21.1 Å². The van der Waals surface area contributed by atoms with Gasteiger partial charge in [0.1, 0.15) is 11.4 Å². The molecule has 0 amide bonds. The molecule has 0 bridgehead atoms. The van der Waals surface area contributed by atoms with Crippen molar-refractivity contribution in [3.63, 3.8) is 0 Å². The second-order valence-corrected chi connectivity index (χ2v) is 4.90. The molecule has 0 spiro atoms. The van der Waals surface area contributed by atoms with Crippen molar-refractivity contribution in [2.45, 2.75) is 18.6 Å². The fourth-order valence-electron chi connectivity index (χ4n) is 2.08. The van der Waals surface area contributed by atoms with Crippen molar-refractivity contribution in [1.29, 1.82) is 0 Å². The Morgan fingerprint density at radius 2 is 2.39 bits per heavy atom. The van der Waals surface area contributed by atoms with E-state index in [1.165, 1.54) is 6.07 Å². The van der Waals surface area contributed by atoms with Gasteiger partial charge >= 0.3 is 0 Å². The van der Waals surface area contributed by atoms with Crippen LogP contribution in [0.5, 0.6) is 0 Å². The first kappa shape index (κ1) is 13.7. The second kappa shape index (κ2) is 5.97. The summed E-state index contributed by atoms with van der Waals surface area (Å²) in [6.45, 7) is 2.28. The normalized spacial score (nSPS) is 23.5. The van der Waals surface area contributed by atoms with Crippen LogP contribution in [0.4, 0.5) is 4.39 Å². The van der Waals surface area contributed by atoms with Crippen molar-refractivity contribution in [2.75, 3.05) is 26.9 Å². The van der Waals surface area contributed by atoms with E-state index in [9.17, 15) is 4.39 Å². The topological polar surface area (TPSA) is 30.5 Å². The lowest BCUT2D eigenvalue weighted by Crippen LogP contribution is -2.42. The average molecular weight is 274 g/mol. The first-order valence-electron chi connectivity index (χ1n) is 5.93.